The molecule has 6 nitrogen and oxygen atoms in total. The number of nitrogens with zero attached hydrogens (tertiary/aromatic N) is 2. The van der Waals surface area contributed by atoms with Gasteiger partial charge >= 0.3 is 0 Å². The number of hydrogen-bond donors (Lipinski definition) is 1. The minimum Gasteiger partial charge on any atom is -0.497 e. The number of fused-ring (bicyclic) bond motifs is 1. The number of carbonyl (C=O) groups excluding carboxylic acids is 1. The van der Waals surface area contributed by atoms with E-state index in [4.69, 9.17) is 9.47 Å². The maximum Gasteiger partial charge on any atom is 0.270 e. The normalized spacial score (nSPS) is 13.4. The lowest BCUT2D eigenvalue weighted by molar-refractivity contribution is -0.114. The summed E-state index contributed by atoms with van der Waals surface area (Å²) in [6.45, 7) is 0.598. The lowest BCUT2D eigenvalue weighted by Crippen LogP contribution is -2.36. The Morgan fingerprint density at radius 2 is 2.04 bits per heavy atom. The summed E-state index contributed by atoms with van der Waals surface area (Å²) in [5.74, 6) is 0.895. The van der Waals surface area contributed by atoms with E-state index in [-0.39, 0.29) is 11.5 Å². The van der Waals surface area contributed by atoms with E-state index in [0.29, 0.717) is 23.7 Å². The zero-order valence-corrected chi connectivity index (χ0v) is 15.4. The molecule has 0 aliphatic carbocycles. The van der Waals surface area contributed by atoms with Gasteiger partial charge in [-0.15, -0.1) is 0 Å². The second-order valence-corrected chi connectivity index (χ2v) is 6.07. The van der Waals surface area contributed by atoms with Gasteiger partial charge in [0, 0.05) is 24.5 Å². The number of rotatable bonds is 5. The van der Waals surface area contributed by atoms with E-state index in [0.717, 1.165) is 24.1 Å². The first-order valence-corrected chi connectivity index (χ1v) is 8.66. The molecule has 138 valence electrons. The highest BCUT2D eigenvalue weighted by Gasteiger charge is 2.24. The van der Waals surface area contributed by atoms with Crippen LogP contribution in [0.15, 0.2) is 54.2 Å². The zero-order valence-electron chi connectivity index (χ0n) is 15.4. The lowest BCUT2D eigenvalue weighted by Gasteiger charge is -2.29. The number of carbonyl (C=O) groups is 1. The summed E-state index contributed by atoms with van der Waals surface area (Å²) in [6, 6.07) is 15.1. The monoisotopic (exact) mass is 363 g/mol. The number of aryl methyl sites for hydroxylation is 1. The molecule has 0 bridgehead atoms. The molecule has 1 aliphatic rings. The molecule has 2 aromatic carbocycles. The minimum atomic E-state index is -0.315. The summed E-state index contributed by atoms with van der Waals surface area (Å²) in [5.41, 5.74) is 2.67. The molecule has 1 amide bonds. The van der Waals surface area contributed by atoms with Crippen molar-refractivity contribution in [1.82, 2.24) is 0 Å². The average molecular weight is 363 g/mol. The Kier molecular flexibility index (Phi) is 5.62. The fraction of sp³-hybridized carbons (Fsp3) is 0.238. The first-order chi connectivity index (χ1) is 13.2. The van der Waals surface area contributed by atoms with E-state index in [2.05, 4.69) is 5.32 Å². The molecule has 27 heavy (non-hydrogen) atoms. The van der Waals surface area contributed by atoms with E-state index in [1.165, 1.54) is 6.20 Å². The third-order valence-corrected chi connectivity index (χ3v) is 4.49. The van der Waals surface area contributed by atoms with E-state index in [9.17, 15) is 10.1 Å². The summed E-state index contributed by atoms with van der Waals surface area (Å²) in [5, 5.41) is 12.5. The van der Waals surface area contributed by atoms with Gasteiger partial charge < -0.3 is 19.7 Å². The smallest absolute Gasteiger partial charge is 0.270 e. The largest absolute Gasteiger partial charge is 0.497 e. The Balaban J connectivity index is 1.84. The van der Waals surface area contributed by atoms with Crippen LogP contribution in [0.3, 0.4) is 0 Å². The number of hydrogen-bond acceptors (Lipinski definition) is 5. The zero-order chi connectivity index (χ0) is 19.2. The van der Waals surface area contributed by atoms with Gasteiger partial charge in [-0.3, -0.25) is 4.79 Å². The molecule has 0 aromatic heterocycles. The van der Waals surface area contributed by atoms with Crippen molar-refractivity contribution in [2.45, 2.75) is 12.8 Å². The predicted molar refractivity (Wildman–Crippen MR) is 104 cm³/mol. The van der Waals surface area contributed by atoms with Crippen LogP contribution in [0.25, 0.3) is 0 Å². The third-order valence-electron chi connectivity index (χ3n) is 4.49. The van der Waals surface area contributed by atoms with Crippen molar-refractivity contribution in [2.24, 2.45) is 0 Å². The maximum absolute atomic E-state index is 12.9. The number of amides is 1. The summed E-state index contributed by atoms with van der Waals surface area (Å²) in [7, 11) is 3.12. The Morgan fingerprint density at radius 1 is 1.22 bits per heavy atom. The summed E-state index contributed by atoms with van der Waals surface area (Å²) >= 11 is 0. The topological polar surface area (TPSA) is 74.6 Å². The molecule has 0 atom stereocenters. The van der Waals surface area contributed by atoms with Crippen LogP contribution in [0.4, 0.5) is 11.4 Å². The molecule has 6 heteroatoms. The Bertz CT molecular complexity index is 915. The van der Waals surface area contributed by atoms with Crippen molar-refractivity contribution in [2.75, 3.05) is 31.0 Å². The van der Waals surface area contributed by atoms with Crippen LogP contribution in [-0.2, 0) is 11.2 Å². The molecule has 1 N–H and O–H groups in total. The molecule has 0 spiro atoms. The molecule has 0 saturated carbocycles. The van der Waals surface area contributed by atoms with Crippen LogP contribution >= 0.6 is 0 Å². The van der Waals surface area contributed by atoms with Gasteiger partial charge in [0.05, 0.1) is 19.9 Å². The van der Waals surface area contributed by atoms with Crippen molar-refractivity contribution in [3.8, 4) is 17.6 Å². The third kappa shape index (κ3) is 3.87. The number of benzene rings is 2. The molecule has 0 unspecified atom stereocenters. The lowest BCUT2D eigenvalue weighted by atomic mass is 10.0. The van der Waals surface area contributed by atoms with Crippen LogP contribution < -0.4 is 19.7 Å². The van der Waals surface area contributed by atoms with Crippen molar-refractivity contribution in [3.63, 3.8) is 0 Å². The van der Waals surface area contributed by atoms with Gasteiger partial charge in [-0.2, -0.15) is 5.26 Å². The highest BCUT2D eigenvalue weighted by Crippen LogP contribution is 2.30. The van der Waals surface area contributed by atoms with E-state index >= 15 is 0 Å². The van der Waals surface area contributed by atoms with Gasteiger partial charge in [0.25, 0.3) is 5.91 Å². The maximum atomic E-state index is 12.9. The Morgan fingerprint density at radius 3 is 2.78 bits per heavy atom. The first-order valence-electron chi connectivity index (χ1n) is 8.66. The molecule has 3 rings (SSSR count). The number of anilines is 2. The van der Waals surface area contributed by atoms with Crippen LogP contribution in [0.1, 0.15) is 12.0 Å². The van der Waals surface area contributed by atoms with Crippen LogP contribution in [-0.4, -0.2) is 26.7 Å². The van der Waals surface area contributed by atoms with Crippen LogP contribution in [0.2, 0.25) is 0 Å². The molecule has 0 saturated heterocycles. The molecular formula is C21H21N3O3. The van der Waals surface area contributed by atoms with Gasteiger partial charge in [-0.05, 0) is 36.6 Å². The minimum absolute atomic E-state index is 0.0320. The highest BCUT2D eigenvalue weighted by molar-refractivity contribution is 6.09. The predicted octanol–water partition coefficient (Wildman–Crippen LogP) is 3.50. The van der Waals surface area contributed by atoms with Crippen molar-refractivity contribution < 1.29 is 14.3 Å². The fourth-order valence-electron chi connectivity index (χ4n) is 3.10. The fourth-order valence-corrected chi connectivity index (χ4v) is 3.10. The molecule has 1 heterocycles. The number of nitrogens with one attached hydrogen (secondary N) is 1. The van der Waals surface area contributed by atoms with Gasteiger partial charge in [-0.1, -0.05) is 18.2 Å². The number of para-hydroxylation sites is 1. The Labute approximate surface area is 158 Å². The van der Waals surface area contributed by atoms with E-state index in [1.54, 1.807) is 37.3 Å². The number of methoxy groups -OCH3 is 2. The molecule has 1 aliphatic heterocycles. The number of nitriles is 1. The standard InChI is InChI=1S/C21H21N3O3/c1-26-17-9-10-18(20(12-17)27-2)23-14-16(13-22)21(25)24-11-5-7-15-6-3-4-8-19(15)24/h3-4,6,8-10,12,14,23H,5,7,11H2,1-2H3/b16-14-. The van der Waals surface area contributed by atoms with Crippen molar-refractivity contribution in [1.29, 1.82) is 5.26 Å². The summed E-state index contributed by atoms with van der Waals surface area (Å²) < 4.78 is 10.5. The summed E-state index contributed by atoms with van der Waals surface area (Å²) in [6.07, 6.45) is 3.23. The van der Waals surface area contributed by atoms with Crippen LogP contribution in [0.5, 0.6) is 11.5 Å². The molecule has 2 aromatic rings. The van der Waals surface area contributed by atoms with Crippen LogP contribution in [0, 0.1) is 11.3 Å². The molecular weight excluding hydrogens is 342 g/mol. The van der Waals surface area contributed by atoms with E-state index < -0.39 is 0 Å². The van der Waals surface area contributed by atoms with Gasteiger partial charge in [0.1, 0.15) is 23.1 Å². The second-order valence-electron chi connectivity index (χ2n) is 6.07. The van der Waals surface area contributed by atoms with Crippen molar-refractivity contribution in [3.05, 3.63) is 59.8 Å². The first kappa shape index (κ1) is 18.3. The highest BCUT2D eigenvalue weighted by atomic mass is 16.5. The quantitative estimate of drug-likeness (QED) is 0.650. The average Bonchev–Trinajstić information content (AvgIpc) is 2.73. The van der Waals surface area contributed by atoms with Gasteiger partial charge in [0.15, 0.2) is 0 Å². The van der Waals surface area contributed by atoms with Gasteiger partial charge in [-0.25, -0.2) is 0 Å². The summed E-state index contributed by atoms with van der Waals surface area (Å²) in [4.78, 5) is 14.6. The Hall–Kier alpha value is -3.46. The molecule has 0 radical (unpaired) electrons. The van der Waals surface area contributed by atoms with Crippen molar-refractivity contribution >= 4 is 17.3 Å². The number of ether oxygens (including phenoxy) is 2. The SMILES string of the molecule is COc1ccc(N/C=C(/C#N)C(=O)N2CCCc3ccccc32)c(OC)c1. The van der Waals surface area contributed by atoms with Gasteiger partial charge in [0.2, 0.25) is 0 Å². The van der Waals surface area contributed by atoms with E-state index in [1.807, 2.05) is 30.3 Å². The molecule has 0 fully saturated rings. The second kappa shape index (κ2) is 8.28.